The van der Waals surface area contributed by atoms with E-state index in [-0.39, 0.29) is 27.7 Å². The van der Waals surface area contributed by atoms with Crippen LogP contribution in [0.4, 0.5) is 17.5 Å². The molecule has 0 aliphatic heterocycles. The highest BCUT2D eigenvalue weighted by molar-refractivity contribution is 9.10. The largest absolute Gasteiger partial charge is 0.404 e. The van der Waals surface area contributed by atoms with Gasteiger partial charge in [0.2, 0.25) is 11.9 Å². The molecule has 3 rings (SSSR count). The number of aromatic nitrogens is 4. The lowest BCUT2D eigenvalue weighted by atomic mass is 10.3. The molecule has 2 aromatic heterocycles. The summed E-state index contributed by atoms with van der Waals surface area (Å²) in [5, 5.41) is 17.4. The van der Waals surface area contributed by atoms with Crippen LogP contribution in [0.25, 0.3) is 0 Å². The van der Waals surface area contributed by atoms with Gasteiger partial charge in [0.05, 0.1) is 15.7 Å². The molecule has 12 nitrogen and oxygen atoms in total. The van der Waals surface area contributed by atoms with Gasteiger partial charge in [0.15, 0.2) is 0 Å². The number of sulfonamides is 1. The Hall–Kier alpha value is -3.39. The molecule has 0 aliphatic carbocycles. The van der Waals surface area contributed by atoms with Crippen molar-refractivity contribution in [1.82, 2.24) is 19.7 Å². The molecule has 2 heterocycles. The van der Waals surface area contributed by atoms with Crippen LogP contribution in [0.15, 0.2) is 39.7 Å². The minimum Gasteiger partial charge on any atom is -0.358 e. The van der Waals surface area contributed by atoms with Crippen molar-refractivity contribution in [3.63, 3.8) is 0 Å². The highest BCUT2D eigenvalue weighted by Gasteiger charge is 2.24. The van der Waals surface area contributed by atoms with E-state index in [4.69, 9.17) is 0 Å². The number of nitrogens with one attached hydrogen (secondary N) is 2. The van der Waals surface area contributed by atoms with Crippen molar-refractivity contribution in [3.8, 4) is 0 Å². The Morgan fingerprint density at radius 3 is 2.28 bits per heavy atom. The van der Waals surface area contributed by atoms with Crippen molar-refractivity contribution >= 4 is 49.3 Å². The molecule has 0 saturated carbocycles. The Balaban J connectivity index is 1.69. The van der Waals surface area contributed by atoms with E-state index in [0.29, 0.717) is 22.8 Å². The minimum atomic E-state index is -3.93. The molecular formula is C18H18BrN7O5S. The molecule has 0 radical (unpaired) electrons. The van der Waals surface area contributed by atoms with Gasteiger partial charge in [-0.3, -0.25) is 4.79 Å². The van der Waals surface area contributed by atoms with E-state index in [1.165, 1.54) is 28.9 Å². The number of benzene rings is 1. The molecule has 3 aromatic rings. The van der Waals surface area contributed by atoms with Gasteiger partial charge in [0, 0.05) is 17.1 Å². The van der Waals surface area contributed by atoms with Crippen LogP contribution in [0.1, 0.15) is 17.1 Å². The van der Waals surface area contributed by atoms with E-state index in [1.54, 1.807) is 26.8 Å². The predicted molar refractivity (Wildman–Crippen MR) is 119 cm³/mol. The van der Waals surface area contributed by atoms with Crippen LogP contribution in [0.5, 0.6) is 0 Å². The second kappa shape index (κ2) is 9.00. The summed E-state index contributed by atoms with van der Waals surface area (Å²) < 4.78 is 28.9. The third kappa shape index (κ3) is 5.26. The van der Waals surface area contributed by atoms with E-state index < -0.39 is 20.9 Å². The number of anilines is 2. The number of nitro groups is 1. The zero-order chi connectivity index (χ0) is 23.6. The van der Waals surface area contributed by atoms with Crippen molar-refractivity contribution in [3.05, 3.63) is 62.0 Å². The second-order valence-electron chi connectivity index (χ2n) is 6.79. The molecule has 0 atom stereocenters. The minimum absolute atomic E-state index is 0.0327. The Bertz CT molecular complexity index is 1290. The summed E-state index contributed by atoms with van der Waals surface area (Å²) in [6.07, 6.45) is 0. The van der Waals surface area contributed by atoms with E-state index in [9.17, 15) is 23.3 Å². The average Bonchev–Trinajstić information content (AvgIpc) is 2.96. The molecule has 1 aromatic carbocycles. The maximum atomic E-state index is 12.6. The molecular weight excluding hydrogens is 506 g/mol. The molecule has 0 spiro atoms. The van der Waals surface area contributed by atoms with Gasteiger partial charge in [0.25, 0.3) is 10.0 Å². The number of aryl methyl sites for hydroxylation is 2. The number of halogens is 1. The molecule has 0 fully saturated rings. The lowest BCUT2D eigenvalue weighted by molar-refractivity contribution is -0.390. The number of carbonyl (C=O) groups is 1. The van der Waals surface area contributed by atoms with Gasteiger partial charge in [-0.2, -0.15) is 4.68 Å². The monoisotopic (exact) mass is 523 g/mol. The summed E-state index contributed by atoms with van der Waals surface area (Å²) in [4.78, 5) is 30.7. The van der Waals surface area contributed by atoms with Gasteiger partial charge in [-0.05, 0) is 72.0 Å². The SMILES string of the molecule is Cc1cc(C)nc(NS(=O)(=O)c2ccc(NC(=O)Cn3nc([N+](=O)[O-])c(Br)c3C)cc2)n1. The van der Waals surface area contributed by atoms with Gasteiger partial charge in [0.1, 0.15) is 11.0 Å². The summed E-state index contributed by atoms with van der Waals surface area (Å²) in [5.41, 5.74) is 2.01. The first kappa shape index (κ1) is 23.3. The number of rotatable bonds is 7. The van der Waals surface area contributed by atoms with Crippen LogP contribution in [-0.2, 0) is 21.4 Å². The summed E-state index contributed by atoms with van der Waals surface area (Å²) in [7, 11) is -3.93. The smallest absolute Gasteiger partial charge is 0.358 e. The zero-order valence-corrected chi connectivity index (χ0v) is 19.6. The van der Waals surface area contributed by atoms with Crippen LogP contribution in [0.2, 0.25) is 0 Å². The lowest BCUT2D eigenvalue weighted by Crippen LogP contribution is -2.20. The third-order valence-electron chi connectivity index (χ3n) is 4.24. The zero-order valence-electron chi connectivity index (χ0n) is 17.2. The number of carbonyl (C=O) groups excluding carboxylic acids is 1. The lowest BCUT2D eigenvalue weighted by Gasteiger charge is -2.09. The standard InChI is InChI=1S/C18H18BrN7O5S/c1-10-8-11(2)21-18(20-10)24-32(30,31)14-6-4-13(5-7-14)22-15(27)9-25-12(3)16(19)17(23-25)26(28)29/h4-8H,9H2,1-3H3,(H,22,27)(H,20,21,24). The number of amides is 1. The van der Waals surface area contributed by atoms with E-state index in [1.807, 2.05) is 0 Å². The first-order valence-electron chi connectivity index (χ1n) is 9.08. The first-order chi connectivity index (χ1) is 15.0. The molecule has 14 heteroatoms. The van der Waals surface area contributed by atoms with Gasteiger partial charge < -0.3 is 15.4 Å². The van der Waals surface area contributed by atoms with Crippen LogP contribution >= 0.6 is 15.9 Å². The first-order valence-corrected chi connectivity index (χ1v) is 11.4. The van der Waals surface area contributed by atoms with Crippen molar-refractivity contribution in [1.29, 1.82) is 0 Å². The van der Waals surface area contributed by atoms with Crippen molar-refractivity contribution in [2.75, 3.05) is 10.0 Å². The molecule has 0 saturated heterocycles. The molecule has 0 bridgehead atoms. The quantitative estimate of drug-likeness (QED) is 0.352. The molecule has 168 valence electrons. The molecule has 1 amide bonds. The van der Waals surface area contributed by atoms with Crippen LogP contribution in [0.3, 0.4) is 0 Å². The number of hydrogen-bond donors (Lipinski definition) is 2. The van der Waals surface area contributed by atoms with E-state index in [0.717, 1.165) is 0 Å². The Morgan fingerprint density at radius 1 is 1.16 bits per heavy atom. The van der Waals surface area contributed by atoms with Crippen molar-refractivity contribution in [2.24, 2.45) is 0 Å². The maximum Gasteiger partial charge on any atom is 0.404 e. The predicted octanol–water partition coefficient (Wildman–Crippen LogP) is 2.71. The van der Waals surface area contributed by atoms with Gasteiger partial charge in [-0.25, -0.2) is 23.1 Å². The topological polar surface area (TPSA) is 162 Å². The van der Waals surface area contributed by atoms with Crippen molar-refractivity contribution < 1.29 is 18.1 Å². The van der Waals surface area contributed by atoms with E-state index >= 15 is 0 Å². The summed E-state index contributed by atoms with van der Waals surface area (Å²) in [5.74, 6) is -0.907. The van der Waals surface area contributed by atoms with Gasteiger partial charge in [-0.1, -0.05) is 0 Å². The highest BCUT2D eigenvalue weighted by Crippen LogP contribution is 2.27. The maximum absolute atomic E-state index is 12.6. The Kier molecular flexibility index (Phi) is 6.55. The number of hydrogen-bond acceptors (Lipinski definition) is 8. The van der Waals surface area contributed by atoms with Gasteiger partial charge >= 0.3 is 5.82 Å². The fourth-order valence-electron chi connectivity index (χ4n) is 2.78. The number of nitrogens with zero attached hydrogens (tertiary/aromatic N) is 5. The molecule has 2 N–H and O–H groups in total. The van der Waals surface area contributed by atoms with E-state index in [2.05, 4.69) is 41.0 Å². The van der Waals surface area contributed by atoms with Gasteiger partial charge in [-0.15, -0.1) is 0 Å². The van der Waals surface area contributed by atoms with Crippen LogP contribution in [-0.4, -0.2) is 39.0 Å². The molecule has 0 unspecified atom stereocenters. The summed E-state index contributed by atoms with van der Waals surface area (Å²) in [6.45, 7) is 4.78. The highest BCUT2D eigenvalue weighted by atomic mass is 79.9. The van der Waals surface area contributed by atoms with Crippen molar-refractivity contribution in [2.45, 2.75) is 32.2 Å². The summed E-state index contributed by atoms with van der Waals surface area (Å²) in [6, 6.07) is 7.20. The molecule has 0 aliphatic rings. The third-order valence-corrected chi connectivity index (χ3v) is 6.51. The fraction of sp³-hybridized carbons (Fsp3) is 0.222. The second-order valence-corrected chi connectivity index (χ2v) is 9.27. The molecule has 32 heavy (non-hydrogen) atoms. The fourth-order valence-corrected chi connectivity index (χ4v) is 4.16. The Labute approximate surface area is 191 Å². The van der Waals surface area contributed by atoms with Crippen LogP contribution < -0.4 is 10.0 Å². The summed E-state index contributed by atoms with van der Waals surface area (Å²) >= 11 is 3.09. The Morgan fingerprint density at radius 2 is 1.75 bits per heavy atom. The normalized spacial score (nSPS) is 11.2. The average molecular weight is 524 g/mol. The van der Waals surface area contributed by atoms with Crippen LogP contribution in [0, 0.1) is 30.9 Å².